The lowest BCUT2D eigenvalue weighted by atomic mass is 9.73. The van der Waals surface area contributed by atoms with Gasteiger partial charge in [0.25, 0.3) is 0 Å². The largest absolute Gasteiger partial charge is 0.456 e. The Hall–Kier alpha value is -1.96. The Balaban J connectivity index is 1.85. The van der Waals surface area contributed by atoms with Crippen molar-refractivity contribution in [2.24, 2.45) is 5.92 Å². The minimum absolute atomic E-state index is 0.0785. The summed E-state index contributed by atoms with van der Waals surface area (Å²) in [6.07, 6.45) is 1.56. The van der Waals surface area contributed by atoms with Crippen LogP contribution in [0.1, 0.15) is 61.3 Å². The SMILES string of the molecule is C=C(C(CC1OC1(C)C)OC(=O)C(C)=CC)C1CC2OC2(C)C(O)C1OC(=O)C(C)=CC. The molecule has 1 N–H and O–H groups in total. The van der Waals surface area contributed by atoms with Gasteiger partial charge in [-0.05, 0) is 60.5 Å². The van der Waals surface area contributed by atoms with E-state index in [0.717, 1.165) is 0 Å². The fraction of sp³-hybridized carbons (Fsp3) is 0.680. The van der Waals surface area contributed by atoms with Crippen LogP contribution in [0.4, 0.5) is 0 Å². The Bertz CT molecular complexity index is 854. The van der Waals surface area contributed by atoms with Crippen molar-refractivity contribution in [3.8, 4) is 0 Å². The standard InChI is InChI=1S/C25H36O7/c1-9-13(3)22(27)29-17(12-18-24(6,7)31-18)15(5)16-11-19-25(8,32-19)21(26)20(16)30-23(28)14(4)10-2/h9-10,16-21,26H,5,11-12H2,1-4,6-8H3. The maximum Gasteiger partial charge on any atom is 0.333 e. The quantitative estimate of drug-likeness (QED) is 0.263. The summed E-state index contributed by atoms with van der Waals surface area (Å²) < 4.78 is 23.1. The van der Waals surface area contributed by atoms with E-state index in [4.69, 9.17) is 18.9 Å². The third kappa shape index (κ3) is 4.70. The van der Waals surface area contributed by atoms with Gasteiger partial charge in [0.15, 0.2) is 0 Å². The fourth-order valence-electron chi connectivity index (χ4n) is 4.28. The fourth-order valence-corrected chi connectivity index (χ4v) is 4.28. The molecule has 7 unspecified atom stereocenters. The number of hydrogen-bond donors (Lipinski definition) is 1. The van der Waals surface area contributed by atoms with E-state index in [1.54, 1.807) is 39.8 Å². The van der Waals surface area contributed by atoms with Crippen molar-refractivity contribution in [3.63, 3.8) is 0 Å². The van der Waals surface area contributed by atoms with Gasteiger partial charge >= 0.3 is 11.9 Å². The van der Waals surface area contributed by atoms with Gasteiger partial charge in [0.1, 0.15) is 23.9 Å². The van der Waals surface area contributed by atoms with Gasteiger partial charge in [-0.3, -0.25) is 0 Å². The molecule has 0 aromatic heterocycles. The lowest BCUT2D eigenvalue weighted by molar-refractivity contribution is -0.160. The molecule has 2 saturated heterocycles. The Labute approximate surface area is 190 Å². The van der Waals surface area contributed by atoms with Crippen LogP contribution in [0.3, 0.4) is 0 Å². The van der Waals surface area contributed by atoms with Crippen LogP contribution < -0.4 is 0 Å². The Morgan fingerprint density at radius 2 is 1.69 bits per heavy atom. The summed E-state index contributed by atoms with van der Waals surface area (Å²) in [7, 11) is 0. The van der Waals surface area contributed by atoms with Crippen LogP contribution in [0, 0.1) is 5.92 Å². The molecule has 7 atom stereocenters. The van der Waals surface area contributed by atoms with E-state index in [0.29, 0.717) is 29.6 Å². The highest BCUT2D eigenvalue weighted by Gasteiger charge is 2.66. The van der Waals surface area contributed by atoms with E-state index in [1.165, 1.54) is 0 Å². The zero-order valence-electron chi connectivity index (χ0n) is 20.1. The van der Waals surface area contributed by atoms with Crippen LogP contribution in [0.2, 0.25) is 0 Å². The number of epoxide rings is 2. The van der Waals surface area contributed by atoms with Gasteiger partial charge in [-0.15, -0.1) is 0 Å². The van der Waals surface area contributed by atoms with E-state index >= 15 is 0 Å². The third-order valence-electron chi connectivity index (χ3n) is 7.23. The van der Waals surface area contributed by atoms with Crippen LogP contribution >= 0.6 is 0 Å². The first-order valence-corrected chi connectivity index (χ1v) is 11.3. The first-order chi connectivity index (χ1) is 14.9. The topological polar surface area (TPSA) is 97.9 Å². The van der Waals surface area contributed by atoms with Gasteiger partial charge in [0, 0.05) is 23.5 Å². The predicted octanol–water partition coefficient (Wildman–Crippen LogP) is 3.40. The van der Waals surface area contributed by atoms with Gasteiger partial charge in [0.2, 0.25) is 0 Å². The molecule has 0 amide bonds. The molecule has 32 heavy (non-hydrogen) atoms. The zero-order valence-corrected chi connectivity index (χ0v) is 20.1. The molecule has 2 aliphatic heterocycles. The average Bonchev–Trinajstić information content (AvgIpc) is 3.60. The molecule has 0 aromatic rings. The van der Waals surface area contributed by atoms with Crippen molar-refractivity contribution in [1.82, 2.24) is 0 Å². The Morgan fingerprint density at radius 3 is 2.22 bits per heavy atom. The molecular weight excluding hydrogens is 412 g/mol. The molecule has 3 rings (SSSR count). The van der Waals surface area contributed by atoms with Crippen molar-refractivity contribution in [3.05, 3.63) is 35.5 Å². The Morgan fingerprint density at radius 1 is 1.12 bits per heavy atom. The Kier molecular flexibility index (Phi) is 6.76. The molecule has 3 aliphatic rings. The second-order valence-electron chi connectivity index (χ2n) is 9.81. The lowest BCUT2D eigenvalue weighted by Crippen LogP contribution is -2.52. The normalized spacial score (nSPS) is 36.6. The molecule has 1 aliphatic carbocycles. The molecular formula is C25H36O7. The van der Waals surface area contributed by atoms with Gasteiger partial charge in [-0.1, -0.05) is 18.7 Å². The number of carbonyl (C=O) groups excluding carboxylic acids is 2. The second-order valence-corrected chi connectivity index (χ2v) is 9.81. The number of hydrogen-bond acceptors (Lipinski definition) is 7. The van der Waals surface area contributed by atoms with Crippen LogP contribution in [-0.4, -0.2) is 58.8 Å². The lowest BCUT2D eigenvalue weighted by Gasteiger charge is -2.38. The summed E-state index contributed by atoms with van der Waals surface area (Å²) in [6.45, 7) is 16.9. The number of esters is 2. The molecule has 7 nitrogen and oxygen atoms in total. The number of fused-ring (bicyclic) bond motifs is 1. The zero-order chi connectivity index (χ0) is 24.0. The van der Waals surface area contributed by atoms with E-state index in [-0.39, 0.29) is 17.8 Å². The van der Waals surface area contributed by atoms with Crippen LogP contribution in [-0.2, 0) is 28.5 Å². The van der Waals surface area contributed by atoms with Crippen molar-refractivity contribution in [1.29, 1.82) is 0 Å². The van der Waals surface area contributed by atoms with Gasteiger partial charge in [-0.25, -0.2) is 9.59 Å². The van der Waals surface area contributed by atoms with E-state index in [2.05, 4.69) is 6.58 Å². The smallest absolute Gasteiger partial charge is 0.333 e. The highest BCUT2D eigenvalue weighted by atomic mass is 16.6. The van der Waals surface area contributed by atoms with Crippen molar-refractivity contribution in [2.75, 3.05) is 0 Å². The highest BCUT2D eigenvalue weighted by Crippen LogP contribution is 2.53. The molecule has 178 valence electrons. The minimum atomic E-state index is -1.01. The number of ether oxygens (including phenoxy) is 4. The van der Waals surface area contributed by atoms with Crippen LogP contribution in [0.5, 0.6) is 0 Å². The summed E-state index contributed by atoms with van der Waals surface area (Å²) in [6, 6.07) is 0. The first kappa shape index (κ1) is 24.7. The molecule has 7 heteroatoms. The molecule has 1 saturated carbocycles. The number of rotatable bonds is 8. The molecule has 0 spiro atoms. The summed E-state index contributed by atoms with van der Waals surface area (Å²) in [5.41, 5.74) is 0.499. The average molecular weight is 449 g/mol. The van der Waals surface area contributed by atoms with Crippen molar-refractivity contribution < 1.29 is 33.6 Å². The summed E-state index contributed by atoms with van der Waals surface area (Å²) in [4.78, 5) is 25.1. The molecule has 0 aromatic carbocycles. The van der Waals surface area contributed by atoms with E-state index in [1.807, 2.05) is 20.8 Å². The van der Waals surface area contributed by atoms with Gasteiger partial charge < -0.3 is 24.1 Å². The predicted molar refractivity (Wildman–Crippen MR) is 119 cm³/mol. The third-order valence-corrected chi connectivity index (χ3v) is 7.23. The number of aliphatic hydroxyl groups is 1. The van der Waals surface area contributed by atoms with Crippen molar-refractivity contribution in [2.45, 2.75) is 103 Å². The number of aliphatic hydroxyl groups excluding tert-OH is 1. The first-order valence-electron chi connectivity index (χ1n) is 11.3. The number of allylic oxidation sites excluding steroid dienone is 2. The molecule has 0 bridgehead atoms. The molecule has 2 heterocycles. The van der Waals surface area contributed by atoms with Crippen LogP contribution in [0.15, 0.2) is 35.5 Å². The van der Waals surface area contributed by atoms with E-state index in [9.17, 15) is 14.7 Å². The maximum atomic E-state index is 12.6. The monoisotopic (exact) mass is 448 g/mol. The maximum absolute atomic E-state index is 12.6. The minimum Gasteiger partial charge on any atom is -0.456 e. The second kappa shape index (κ2) is 8.76. The molecule has 0 radical (unpaired) electrons. The molecule has 3 fully saturated rings. The van der Waals surface area contributed by atoms with Crippen LogP contribution in [0.25, 0.3) is 0 Å². The summed E-state index contributed by atoms with van der Waals surface area (Å²) >= 11 is 0. The summed E-state index contributed by atoms with van der Waals surface area (Å²) in [5.74, 6) is -1.36. The van der Waals surface area contributed by atoms with Gasteiger partial charge in [0.05, 0.1) is 17.8 Å². The highest BCUT2D eigenvalue weighted by molar-refractivity contribution is 5.88. The van der Waals surface area contributed by atoms with Gasteiger partial charge in [-0.2, -0.15) is 0 Å². The van der Waals surface area contributed by atoms with Crippen molar-refractivity contribution >= 4 is 11.9 Å². The van der Waals surface area contributed by atoms with E-state index < -0.39 is 41.8 Å². The number of carbonyl (C=O) groups is 2. The summed E-state index contributed by atoms with van der Waals surface area (Å²) in [5, 5.41) is 11.0.